The summed E-state index contributed by atoms with van der Waals surface area (Å²) in [4.78, 5) is 12.5. The highest BCUT2D eigenvalue weighted by Crippen LogP contribution is 2.45. The molecule has 0 saturated heterocycles. The standard InChI is InChI=1S/C34H25Cl3N2O5/c1-2-41-31-15-21(7-13-29(31)42-19-22-6-10-24(36)16-28(22)37)33-26-12-11-25(17-30(26)44-34(39)27(33)18-38)43-32(40)14-5-20-3-8-23(35)9-4-20/h3-17,33H,2,19,39H2,1H3/b14-5+. The van der Waals surface area contributed by atoms with Crippen LogP contribution in [0.5, 0.6) is 23.0 Å². The van der Waals surface area contributed by atoms with Crippen molar-refractivity contribution >= 4 is 46.8 Å². The summed E-state index contributed by atoms with van der Waals surface area (Å²) in [7, 11) is 0. The first-order valence-electron chi connectivity index (χ1n) is 13.5. The van der Waals surface area contributed by atoms with E-state index in [1.54, 1.807) is 72.8 Å². The first kappa shape index (κ1) is 30.8. The first-order valence-corrected chi connectivity index (χ1v) is 14.6. The number of allylic oxidation sites excluding steroid dienone is 1. The highest BCUT2D eigenvalue weighted by molar-refractivity contribution is 6.35. The molecule has 0 aromatic heterocycles. The van der Waals surface area contributed by atoms with Crippen molar-refractivity contribution < 1.29 is 23.7 Å². The van der Waals surface area contributed by atoms with E-state index in [-0.39, 0.29) is 23.8 Å². The Hall–Kier alpha value is -4.61. The molecular formula is C34H25Cl3N2O5. The van der Waals surface area contributed by atoms with Crippen molar-refractivity contribution in [3.05, 3.63) is 134 Å². The third kappa shape index (κ3) is 7.12. The average molecular weight is 648 g/mol. The Kier molecular flexibility index (Phi) is 9.66. The Morgan fingerprint density at radius 3 is 2.45 bits per heavy atom. The number of nitriles is 1. The van der Waals surface area contributed by atoms with Gasteiger partial charge in [0, 0.05) is 38.3 Å². The zero-order valence-electron chi connectivity index (χ0n) is 23.4. The van der Waals surface area contributed by atoms with Gasteiger partial charge in [-0.1, -0.05) is 65.1 Å². The van der Waals surface area contributed by atoms with Crippen LogP contribution in [0.1, 0.15) is 35.1 Å². The number of hydrogen-bond acceptors (Lipinski definition) is 7. The van der Waals surface area contributed by atoms with Gasteiger partial charge in [-0.15, -0.1) is 0 Å². The van der Waals surface area contributed by atoms with E-state index in [1.165, 1.54) is 6.08 Å². The molecule has 0 bridgehead atoms. The van der Waals surface area contributed by atoms with Crippen LogP contribution in [0, 0.1) is 11.3 Å². The number of rotatable bonds is 9. The minimum atomic E-state index is -0.578. The Balaban J connectivity index is 1.40. The van der Waals surface area contributed by atoms with Gasteiger partial charge in [-0.2, -0.15) is 5.26 Å². The number of esters is 1. The summed E-state index contributed by atoms with van der Waals surface area (Å²) in [6.07, 6.45) is 2.94. The van der Waals surface area contributed by atoms with Crippen molar-refractivity contribution in [1.82, 2.24) is 0 Å². The molecule has 0 spiro atoms. The van der Waals surface area contributed by atoms with Gasteiger partial charge >= 0.3 is 5.97 Å². The molecule has 1 heterocycles. The fourth-order valence-corrected chi connectivity index (χ4v) is 5.21. The van der Waals surface area contributed by atoms with E-state index >= 15 is 0 Å². The van der Waals surface area contributed by atoms with Crippen molar-refractivity contribution in [2.75, 3.05) is 6.61 Å². The molecule has 2 N–H and O–H groups in total. The molecule has 1 aliphatic heterocycles. The molecule has 7 nitrogen and oxygen atoms in total. The quantitative estimate of drug-likeness (QED) is 0.110. The molecular weight excluding hydrogens is 623 g/mol. The number of fused-ring (bicyclic) bond motifs is 1. The van der Waals surface area contributed by atoms with E-state index in [1.807, 2.05) is 19.1 Å². The lowest BCUT2D eigenvalue weighted by Crippen LogP contribution is -2.21. The van der Waals surface area contributed by atoms with Gasteiger partial charge < -0.3 is 24.7 Å². The first-order chi connectivity index (χ1) is 21.2. The molecule has 0 radical (unpaired) electrons. The molecule has 0 fully saturated rings. The van der Waals surface area contributed by atoms with Crippen LogP contribution in [-0.2, 0) is 11.4 Å². The zero-order chi connectivity index (χ0) is 31.2. The fraction of sp³-hybridized carbons (Fsp3) is 0.118. The van der Waals surface area contributed by atoms with Crippen LogP contribution in [-0.4, -0.2) is 12.6 Å². The summed E-state index contributed by atoms with van der Waals surface area (Å²) in [5, 5.41) is 11.6. The summed E-state index contributed by atoms with van der Waals surface area (Å²) in [5.74, 6) is 0.389. The highest BCUT2D eigenvalue weighted by atomic mass is 35.5. The molecule has 5 rings (SSSR count). The van der Waals surface area contributed by atoms with Gasteiger partial charge in [-0.3, -0.25) is 0 Å². The number of benzene rings is 4. The predicted molar refractivity (Wildman–Crippen MR) is 170 cm³/mol. The van der Waals surface area contributed by atoms with Crippen LogP contribution in [0.25, 0.3) is 6.08 Å². The van der Waals surface area contributed by atoms with Crippen LogP contribution >= 0.6 is 34.8 Å². The monoisotopic (exact) mass is 646 g/mol. The van der Waals surface area contributed by atoms with Gasteiger partial charge in [-0.25, -0.2) is 4.79 Å². The number of hydrogen-bond donors (Lipinski definition) is 1. The molecule has 44 heavy (non-hydrogen) atoms. The van der Waals surface area contributed by atoms with Crippen LogP contribution in [0.4, 0.5) is 0 Å². The van der Waals surface area contributed by atoms with Gasteiger partial charge in [0.1, 0.15) is 29.7 Å². The Labute approximate surface area is 269 Å². The van der Waals surface area contributed by atoms with Gasteiger partial charge in [0.05, 0.1) is 12.5 Å². The SMILES string of the molecule is CCOc1cc(C2C(C#N)=C(N)Oc3cc(OC(=O)/C=C/c4ccc(Cl)cc4)ccc32)ccc1OCc1ccc(Cl)cc1Cl. The normalized spacial score (nSPS) is 14.0. The van der Waals surface area contributed by atoms with E-state index in [0.717, 1.165) is 16.7 Å². The lowest BCUT2D eigenvalue weighted by molar-refractivity contribution is -0.128. The maximum Gasteiger partial charge on any atom is 0.336 e. The highest BCUT2D eigenvalue weighted by Gasteiger charge is 2.32. The molecule has 0 aliphatic carbocycles. The summed E-state index contributed by atoms with van der Waals surface area (Å²) < 4.78 is 23.2. The predicted octanol–water partition coefficient (Wildman–Crippen LogP) is 8.46. The average Bonchev–Trinajstić information content (AvgIpc) is 3.00. The van der Waals surface area contributed by atoms with Crippen LogP contribution in [0.15, 0.2) is 96.4 Å². The number of nitrogens with zero attached hydrogens (tertiary/aromatic N) is 1. The fourth-order valence-electron chi connectivity index (χ4n) is 4.62. The maximum absolute atomic E-state index is 12.5. The van der Waals surface area contributed by atoms with E-state index in [9.17, 15) is 10.1 Å². The molecule has 1 unspecified atom stereocenters. The number of nitrogens with two attached hydrogens (primary N) is 1. The Bertz CT molecular complexity index is 1810. The maximum atomic E-state index is 12.5. The van der Waals surface area contributed by atoms with Gasteiger partial charge in [0.2, 0.25) is 5.88 Å². The van der Waals surface area contributed by atoms with Gasteiger partial charge in [0.15, 0.2) is 11.5 Å². The minimum absolute atomic E-state index is 0.0493. The summed E-state index contributed by atoms with van der Waals surface area (Å²) in [6.45, 7) is 2.45. The van der Waals surface area contributed by atoms with E-state index in [0.29, 0.717) is 44.5 Å². The van der Waals surface area contributed by atoms with Crippen molar-refractivity contribution in [2.45, 2.75) is 19.4 Å². The van der Waals surface area contributed by atoms with Gasteiger partial charge in [0.25, 0.3) is 0 Å². The summed E-state index contributed by atoms with van der Waals surface area (Å²) in [5.41, 5.74) is 9.38. The summed E-state index contributed by atoms with van der Waals surface area (Å²) >= 11 is 18.2. The van der Waals surface area contributed by atoms with Crippen LogP contribution in [0.2, 0.25) is 15.1 Å². The molecule has 4 aromatic rings. The Morgan fingerprint density at radius 1 is 0.955 bits per heavy atom. The largest absolute Gasteiger partial charge is 0.490 e. The van der Waals surface area contributed by atoms with Crippen molar-refractivity contribution in [1.29, 1.82) is 5.26 Å². The third-order valence-electron chi connectivity index (χ3n) is 6.69. The number of carbonyl (C=O) groups excluding carboxylic acids is 1. The smallest absolute Gasteiger partial charge is 0.336 e. The lowest BCUT2D eigenvalue weighted by Gasteiger charge is -2.27. The number of ether oxygens (including phenoxy) is 4. The topological polar surface area (TPSA) is 104 Å². The molecule has 10 heteroatoms. The third-order valence-corrected chi connectivity index (χ3v) is 7.53. The van der Waals surface area contributed by atoms with Crippen molar-refractivity contribution in [2.24, 2.45) is 5.73 Å². The molecule has 0 amide bonds. The second kappa shape index (κ2) is 13.8. The molecule has 222 valence electrons. The molecule has 1 atom stereocenters. The summed E-state index contributed by atoms with van der Waals surface area (Å²) in [6, 6.07) is 24.7. The zero-order valence-corrected chi connectivity index (χ0v) is 25.6. The van der Waals surface area contributed by atoms with E-state index < -0.39 is 11.9 Å². The van der Waals surface area contributed by atoms with Crippen molar-refractivity contribution in [3.8, 4) is 29.1 Å². The molecule has 1 aliphatic rings. The number of carbonyl (C=O) groups is 1. The minimum Gasteiger partial charge on any atom is -0.490 e. The van der Waals surface area contributed by atoms with E-state index in [4.69, 9.17) is 59.5 Å². The Morgan fingerprint density at radius 2 is 1.73 bits per heavy atom. The lowest BCUT2D eigenvalue weighted by atomic mass is 9.83. The second-order valence-corrected chi connectivity index (χ2v) is 10.9. The van der Waals surface area contributed by atoms with E-state index in [2.05, 4.69) is 6.07 Å². The molecule has 4 aromatic carbocycles. The number of halogens is 3. The van der Waals surface area contributed by atoms with Crippen molar-refractivity contribution in [3.63, 3.8) is 0 Å². The molecule has 0 saturated carbocycles. The van der Waals surface area contributed by atoms with Gasteiger partial charge in [-0.05, 0) is 66.6 Å². The van der Waals surface area contributed by atoms with Crippen LogP contribution < -0.4 is 24.7 Å². The van der Waals surface area contributed by atoms with Crippen LogP contribution in [0.3, 0.4) is 0 Å². The second-order valence-electron chi connectivity index (χ2n) is 9.59.